The zero-order chi connectivity index (χ0) is 7.98. The van der Waals surface area contributed by atoms with Crippen molar-refractivity contribution in [2.45, 2.75) is 19.4 Å². The van der Waals surface area contributed by atoms with E-state index in [2.05, 4.69) is 12.5 Å². The third kappa shape index (κ3) is 3.11. The first-order valence-corrected chi connectivity index (χ1v) is 3.14. The molecule has 0 aromatic carbocycles. The van der Waals surface area contributed by atoms with Gasteiger partial charge in [-0.2, -0.15) is 0 Å². The van der Waals surface area contributed by atoms with E-state index in [0.717, 1.165) is 12.0 Å². The highest BCUT2D eigenvalue weighted by molar-refractivity contribution is 5.16. The van der Waals surface area contributed by atoms with Crippen LogP contribution in [0.5, 0.6) is 0 Å². The van der Waals surface area contributed by atoms with Crippen LogP contribution < -0.4 is 0 Å². The van der Waals surface area contributed by atoms with Gasteiger partial charge in [0.05, 0.1) is 0 Å². The fourth-order valence-electron chi connectivity index (χ4n) is 0.512. The van der Waals surface area contributed by atoms with Gasteiger partial charge in [0.1, 0.15) is 6.10 Å². The summed E-state index contributed by atoms with van der Waals surface area (Å²) in [5, 5.41) is 9.01. The molecule has 1 N–H and O–H groups in total. The number of hydrogen-bond donors (Lipinski definition) is 1. The van der Waals surface area contributed by atoms with Gasteiger partial charge in [-0.1, -0.05) is 18.1 Å². The van der Waals surface area contributed by atoms with E-state index in [1.54, 1.807) is 13.0 Å². The van der Waals surface area contributed by atoms with Crippen molar-refractivity contribution >= 4 is 0 Å². The summed E-state index contributed by atoms with van der Waals surface area (Å²) < 4.78 is 0. The second kappa shape index (κ2) is 4.84. The van der Waals surface area contributed by atoms with Crippen LogP contribution in [0.3, 0.4) is 0 Å². The lowest BCUT2D eigenvalue weighted by Crippen LogP contribution is -2.03. The van der Waals surface area contributed by atoms with Crippen molar-refractivity contribution < 1.29 is 5.11 Å². The van der Waals surface area contributed by atoms with Gasteiger partial charge in [0.15, 0.2) is 0 Å². The Balaban J connectivity index is 3.94. The molecule has 1 unspecified atom stereocenters. The summed E-state index contributed by atoms with van der Waals surface area (Å²) >= 11 is 0. The molecule has 0 aromatic heterocycles. The van der Waals surface area contributed by atoms with Crippen LogP contribution in [0.15, 0.2) is 24.3 Å². The third-order valence-electron chi connectivity index (χ3n) is 1.20. The van der Waals surface area contributed by atoms with Crippen molar-refractivity contribution in [3.63, 3.8) is 0 Å². The fraction of sp³-hybridized carbons (Fsp3) is 0.333. The van der Waals surface area contributed by atoms with Crippen LogP contribution in [0, 0.1) is 12.3 Å². The molecule has 0 heterocycles. The Hall–Kier alpha value is -1.00. The molecule has 0 amide bonds. The van der Waals surface area contributed by atoms with E-state index in [-0.39, 0.29) is 0 Å². The highest BCUT2D eigenvalue weighted by Crippen LogP contribution is 2.00. The second-order valence-corrected chi connectivity index (χ2v) is 2.04. The number of aliphatic hydroxyl groups excluding tert-OH is 1. The van der Waals surface area contributed by atoms with Crippen molar-refractivity contribution in [2.75, 3.05) is 0 Å². The minimum absolute atomic E-state index is 0.736. The van der Waals surface area contributed by atoms with E-state index in [9.17, 15) is 0 Å². The number of rotatable bonds is 3. The van der Waals surface area contributed by atoms with Crippen molar-refractivity contribution in [1.82, 2.24) is 0 Å². The summed E-state index contributed by atoms with van der Waals surface area (Å²) in [5.41, 5.74) is 0.808. The summed E-state index contributed by atoms with van der Waals surface area (Å²) in [6, 6.07) is 0. The van der Waals surface area contributed by atoms with Crippen LogP contribution >= 0.6 is 0 Å². The van der Waals surface area contributed by atoms with E-state index in [1.165, 1.54) is 0 Å². The van der Waals surface area contributed by atoms with Gasteiger partial charge in [0.2, 0.25) is 0 Å². The van der Waals surface area contributed by atoms with Gasteiger partial charge >= 0.3 is 0 Å². The van der Waals surface area contributed by atoms with Gasteiger partial charge in [0, 0.05) is 0 Å². The number of aliphatic hydroxyl groups is 1. The lowest BCUT2D eigenvalue weighted by Gasteiger charge is -2.00. The van der Waals surface area contributed by atoms with E-state index >= 15 is 0 Å². The molecule has 0 aromatic rings. The summed E-state index contributed by atoms with van der Waals surface area (Å²) in [7, 11) is 0. The lowest BCUT2D eigenvalue weighted by molar-refractivity contribution is 0.268. The molecule has 1 heteroatoms. The van der Waals surface area contributed by atoms with Crippen LogP contribution in [-0.4, -0.2) is 11.2 Å². The maximum absolute atomic E-state index is 9.01. The molecule has 1 nitrogen and oxygen atoms in total. The van der Waals surface area contributed by atoms with Crippen LogP contribution in [0.2, 0.25) is 0 Å². The van der Waals surface area contributed by atoms with Gasteiger partial charge in [-0.25, -0.2) is 0 Å². The molecule has 0 fully saturated rings. The van der Waals surface area contributed by atoms with Crippen molar-refractivity contribution in [3.8, 4) is 12.3 Å². The molecular weight excluding hydrogens is 124 g/mol. The molecule has 1 atom stereocenters. The summed E-state index contributed by atoms with van der Waals surface area (Å²) in [6.45, 7) is 5.34. The van der Waals surface area contributed by atoms with Crippen molar-refractivity contribution in [3.05, 3.63) is 24.3 Å². The number of terminal acetylenes is 1. The predicted molar refractivity (Wildman–Crippen MR) is 43.4 cm³/mol. The molecule has 0 saturated carbocycles. The number of hydrogen-bond acceptors (Lipinski definition) is 1. The quantitative estimate of drug-likeness (QED) is 0.460. The Labute approximate surface area is 62.1 Å². The molecule has 54 valence electrons. The second-order valence-electron chi connectivity index (χ2n) is 2.04. The zero-order valence-corrected chi connectivity index (χ0v) is 6.17. The molecule has 0 saturated heterocycles. The SMILES string of the molecule is C#CC(O)/C(C)=C/CC=C. The molecule has 0 rings (SSSR count). The first kappa shape index (κ1) is 9.00. The smallest absolute Gasteiger partial charge is 0.135 e. The standard InChI is InChI=1S/C9H12O/c1-4-6-7-8(3)9(10)5-2/h2,4,7,9-10H,1,6H2,3H3/b8-7+. The van der Waals surface area contributed by atoms with Crippen LogP contribution in [0.25, 0.3) is 0 Å². The maximum Gasteiger partial charge on any atom is 0.135 e. The third-order valence-corrected chi connectivity index (χ3v) is 1.20. The van der Waals surface area contributed by atoms with Gasteiger partial charge in [-0.15, -0.1) is 13.0 Å². The van der Waals surface area contributed by atoms with Gasteiger partial charge < -0.3 is 5.11 Å². The first-order valence-electron chi connectivity index (χ1n) is 3.14. The normalized spacial score (nSPS) is 13.9. The Morgan fingerprint density at radius 3 is 2.90 bits per heavy atom. The summed E-state index contributed by atoms with van der Waals surface area (Å²) in [5.74, 6) is 2.23. The topological polar surface area (TPSA) is 20.2 Å². The molecule has 0 bridgehead atoms. The van der Waals surface area contributed by atoms with Gasteiger partial charge in [0.25, 0.3) is 0 Å². The molecule has 0 aliphatic rings. The molecular formula is C9H12O. The molecule has 10 heavy (non-hydrogen) atoms. The Morgan fingerprint density at radius 1 is 1.90 bits per heavy atom. The van der Waals surface area contributed by atoms with E-state index < -0.39 is 6.10 Å². The Kier molecular flexibility index (Phi) is 4.36. The minimum atomic E-state index is -0.736. The maximum atomic E-state index is 9.01. The van der Waals surface area contributed by atoms with Crippen LogP contribution in [0.1, 0.15) is 13.3 Å². The Morgan fingerprint density at radius 2 is 2.50 bits per heavy atom. The highest BCUT2D eigenvalue weighted by Gasteiger charge is 1.97. The molecule has 0 aliphatic carbocycles. The average molecular weight is 136 g/mol. The Bertz CT molecular complexity index is 172. The van der Waals surface area contributed by atoms with Crippen molar-refractivity contribution in [2.24, 2.45) is 0 Å². The van der Waals surface area contributed by atoms with Gasteiger partial charge in [-0.05, 0) is 18.9 Å². The summed E-state index contributed by atoms with van der Waals surface area (Å²) in [4.78, 5) is 0. The zero-order valence-electron chi connectivity index (χ0n) is 6.17. The first-order chi connectivity index (χ1) is 4.72. The van der Waals surface area contributed by atoms with Crippen LogP contribution in [0.4, 0.5) is 0 Å². The molecule has 0 spiro atoms. The predicted octanol–water partition coefficient (Wildman–Crippen LogP) is 1.50. The van der Waals surface area contributed by atoms with E-state index in [4.69, 9.17) is 11.5 Å². The average Bonchev–Trinajstić information content (AvgIpc) is 1.98. The minimum Gasteiger partial charge on any atom is -0.376 e. The van der Waals surface area contributed by atoms with Crippen LogP contribution in [-0.2, 0) is 0 Å². The van der Waals surface area contributed by atoms with E-state index in [0.29, 0.717) is 0 Å². The fourth-order valence-corrected chi connectivity index (χ4v) is 0.512. The number of allylic oxidation sites excluding steroid dienone is 2. The van der Waals surface area contributed by atoms with E-state index in [1.807, 2.05) is 6.08 Å². The lowest BCUT2D eigenvalue weighted by atomic mass is 10.1. The molecule has 0 aliphatic heterocycles. The van der Waals surface area contributed by atoms with Gasteiger partial charge in [-0.3, -0.25) is 0 Å². The monoisotopic (exact) mass is 136 g/mol. The van der Waals surface area contributed by atoms with Crippen molar-refractivity contribution in [1.29, 1.82) is 0 Å². The molecule has 0 radical (unpaired) electrons. The largest absolute Gasteiger partial charge is 0.376 e. The highest BCUT2D eigenvalue weighted by atomic mass is 16.3. The summed E-state index contributed by atoms with van der Waals surface area (Å²) in [6.07, 6.45) is 8.61.